The first-order chi connectivity index (χ1) is 9.15. The van der Waals surface area contributed by atoms with Crippen LogP contribution in [0.1, 0.15) is 27.3 Å². The van der Waals surface area contributed by atoms with Gasteiger partial charge < -0.3 is 0 Å². The maximum absolute atomic E-state index is 3.92. The Hall–Kier alpha value is 0.360. The largest absolute Gasteiger partial charge is 0.131 e. The molecule has 1 aliphatic rings. The lowest BCUT2D eigenvalue weighted by Crippen LogP contribution is -2.17. The van der Waals surface area contributed by atoms with Crippen LogP contribution < -0.4 is 0 Å². The zero-order valence-electron chi connectivity index (χ0n) is 10.2. The van der Waals surface area contributed by atoms with E-state index in [1.165, 1.54) is 39.1 Å². The van der Waals surface area contributed by atoms with E-state index >= 15 is 0 Å². The molecule has 0 radical (unpaired) electrons. The molecule has 0 N–H and O–H groups in total. The number of rotatable bonds is 2. The molecule has 19 heavy (non-hydrogen) atoms. The van der Waals surface area contributed by atoms with Crippen LogP contribution in [-0.4, -0.2) is 0 Å². The Kier molecular flexibility index (Phi) is 4.52. The summed E-state index contributed by atoms with van der Waals surface area (Å²) < 4.78 is 2.34. The second-order valence-electron chi connectivity index (χ2n) is 4.94. The zero-order valence-corrected chi connectivity index (χ0v) is 15.8. The average molecular weight is 465 g/mol. The van der Waals surface area contributed by atoms with Gasteiger partial charge in [0.05, 0.1) is 8.61 Å². The van der Waals surface area contributed by atoms with Gasteiger partial charge in [-0.1, -0.05) is 40.2 Å². The van der Waals surface area contributed by atoms with Crippen molar-refractivity contribution in [2.75, 3.05) is 0 Å². The number of hydrogen-bond donors (Lipinski definition) is 0. The summed E-state index contributed by atoms with van der Waals surface area (Å²) in [5.41, 5.74) is 3.06. The first-order valence-electron chi connectivity index (χ1n) is 6.30. The van der Waals surface area contributed by atoms with E-state index in [0.29, 0.717) is 10.7 Å². The molecule has 0 aliphatic heterocycles. The van der Waals surface area contributed by atoms with Crippen molar-refractivity contribution in [1.29, 1.82) is 0 Å². The highest BCUT2D eigenvalue weighted by Gasteiger charge is 2.27. The smallest absolute Gasteiger partial charge is 0.0843 e. The monoisotopic (exact) mass is 462 g/mol. The second-order valence-corrected chi connectivity index (χ2v) is 9.19. The van der Waals surface area contributed by atoms with Gasteiger partial charge in [-0.3, -0.25) is 0 Å². The van der Waals surface area contributed by atoms with Crippen molar-refractivity contribution >= 4 is 59.1 Å². The number of halogens is 3. The standard InChI is InChI=1S/C15H13Br3S/c16-12-8-13(19-15(12)18)14(17)11-6-5-9-3-1-2-4-10(9)7-11/h1-4,8,11,14H,5-7H2. The summed E-state index contributed by atoms with van der Waals surface area (Å²) in [5, 5.41) is 0. The van der Waals surface area contributed by atoms with Crippen molar-refractivity contribution in [3.8, 4) is 0 Å². The molecule has 0 bridgehead atoms. The maximum atomic E-state index is 3.92. The third-order valence-corrected chi connectivity index (χ3v) is 8.62. The fourth-order valence-electron chi connectivity index (χ4n) is 2.71. The van der Waals surface area contributed by atoms with Gasteiger partial charge in [-0.2, -0.15) is 0 Å². The molecule has 1 aromatic carbocycles. The predicted octanol–water partition coefficient (Wildman–Crippen LogP) is 6.51. The average Bonchev–Trinajstić information content (AvgIpc) is 2.77. The van der Waals surface area contributed by atoms with E-state index < -0.39 is 0 Å². The van der Waals surface area contributed by atoms with Gasteiger partial charge in [0.25, 0.3) is 0 Å². The van der Waals surface area contributed by atoms with Crippen molar-refractivity contribution in [3.63, 3.8) is 0 Å². The van der Waals surface area contributed by atoms with Crippen LogP contribution in [0.15, 0.2) is 38.6 Å². The summed E-state index contributed by atoms with van der Waals surface area (Å²) >= 11 is 12.9. The molecule has 0 fully saturated rings. The quantitative estimate of drug-likeness (QED) is 0.444. The van der Waals surface area contributed by atoms with Gasteiger partial charge in [0.15, 0.2) is 0 Å². The van der Waals surface area contributed by atoms with E-state index in [2.05, 4.69) is 78.1 Å². The summed E-state index contributed by atoms with van der Waals surface area (Å²) in [5.74, 6) is 0.687. The van der Waals surface area contributed by atoms with E-state index in [-0.39, 0.29) is 0 Å². The van der Waals surface area contributed by atoms with Crippen LogP contribution in [0.3, 0.4) is 0 Å². The Bertz CT molecular complexity index is 571. The summed E-state index contributed by atoms with van der Waals surface area (Å²) in [6.45, 7) is 0. The molecule has 2 atom stereocenters. The van der Waals surface area contributed by atoms with Crippen molar-refractivity contribution in [2.45, 2.75) is 24.1 Å². The Morgan fingerprint density at radius 2 is 1.89 bits per heavy atom. The van der Waals surface area contributed by atoms with Gasteiger partial charge >= 0.3 is 0 Å². The van der Waals surface area contributed by atoms with Gasteiger partial charge in [-0.25, -0.2) is 0 Å². The summed E-state index contributed by atoms with van der Waals surface area (Å²) in [7, 11) is 0. The SMILES string of the molecule is Brc1cc(C(Br)C2CCc3ccccc3C2)sc1Br. The minimum atomic E-state index is 0.452. The van der Waals surface area contributed by atoms with Gasteiger partial charge in [0.2, 0.25) is 0 Å². The van der Waals surface area contributed by atoms with E-state index in [9.17, 15) is 0 Å². The first kappa shape index (κ1) is 14.3. The highest BCUT2D eigenvalue weighted by atomic mass is 79.9. The van der Waals surface area contributed by atoms with Gasteiger partial charge in [-0.15, -0.1) is 11.3 Å². The van der Waals surface area contributed by atoms with Crippen LogP contribution in [0.5, 0.6) is 0 Å². The Morgan fingerprint density at radius 1 is 1.16 bits per heavy atom. The number of benzene rings is 1. The first-order valence-corrected chi connectivity index (χ1v) is 9.62. The molecule has 100 valence electrons. The minimum Gasteiger partial charge on any atom is -0.131 e. The number of fused-ring (bicyclic) bond motifs is 1. The lowest BCUT2D eigenvalue weighted by atomic mass is 9.82. The summed E-state index contributed by atoms with van der Waals surface area (Å²) in [4.78, 5) is 1.86. The molecule has 1 heterocycles. The molecule has 0 spiro atoms. The van der Waals surface area contributed by atoms with Crippen LogP contribution in [0.2, 0.25) is 0 Å². The molecule has 1 aromatic heterocycles. The summed E-state index contributed by atoms with van der Waals surface area (Å²) in [6, 6.07) is 11.1. The lowest BCUT2D eigenvalue weighted by molar-refractivity contribution is 0.456. The Morgan fingerprint density at radius 3 is 2.58 bits per heavy atom. The molecule has 3 rings (SSSR count). The van der Waals surface area contributed by atoms with Crippen molar-refractivity contribution < 1.29 is 0 Å². The highest BCUT2D eigenvalue weighted by Crippen LogP contribution is 2.45. The number of alkyl halides is 1. The van der Waals surface area contributed by atoms with E-state index in [1.807, 2.05) is 11.3 Å². The van der Waals surface area contributed by atoms with E-state index in [1.54, 1.807) is 0 Å². The number of hydrogen-bond acceptors (Lipinski definition) is 1. The molecule has 0 nitrogen and oxygen atoms in total. The zero-order chi connectivity index (χ0) is 13.4. The molecule has 4 heteroatoms. The highest BCUT2D eigenvalue weighted by molar-refractivity contribution is 9.13. The maximum Gasteiger partial charge on any atom is 0.0843 e. The lowest BCUT2D eigenvalue weighted by Gasteiger charge is -2.27. The van der Waals surface area contributed by atoms with Crippen molar-refractivity contribution in [1.82, 2.24) is 0 Å². The van der Waals surface area contributed by atoms with Gasteiger partial charge in [-0.05, 0) is 74.2 Å². The Labute approximate surface area is 143 Å². The van der Waals surface area contributed by atoms with Crippen molar-refractivity contribution in [3.05, 3.63) is 54.6 Å². The van der Waals surface area contributed by atoms with Gasteiger partial charge in [0.1, 0.15) is 0 Å². The number of thiophene rings is 1. The fraction of sp³-hybridized carbons (Fsp3) is 0.333. The minimum absolute atomic E-state index is 0.452. The summed E-state index contributed by atoms with van der Waals surface area (Å²) in [6.07, 6.45) is 3.65. The third kappa shape index (κ3) is 3.02. The molecule has 1 aliphatic carbocycles. The van der Waals surface area contributed by atoms with E-state index in [0.717, 1.165) is 4.47 Å². The van der Waals surface area contributed by atoms with E-state index in [4.69, 9.17) is 0 Å². The van der Waals surface area contributed by atoms with Crippen LogP contribution in [0.25, 0.3) is 0 Å². The number of aryl methyl sites for hydroxylation is 1. The second kappa shape index (κ2) is 6.00. The van der Waals surface area contributed by atoms with Gasteiger partial charge in [0, 0.05) is 9.35 Å². The van der Waals surface area contributed by atoms with Crippen LogP contribution in [0.4, 0.5) is 0 Å². The van der Waals surface area contributed by atoms with Crippen LogP contribution >= 0.6 is 59.1 Å². The molecule has 2 unspecified atom stereocenters. The Balaban J connectivity index is 1.81. The molecular weight excluding hydrogens is 452 g/mol. The molecular formula is C15H13Br3S. The normalized spacial score (nSPS) is 20.1. The molecule has 0 saturated heterocycles. The molecule has 0 saturated carbocycles. The predicted molar refractivity (Wildman–Crippen MR) is 93.3 cm³/mol. The third-order valence-electron chi connectivity index (χ3n) is 3.73. The van der Waals surface area contributed by atoms with Crippen molar-refractivity contribution in [2.24, 2.45) is 5.92 Å². The molecule has 2 aromatic rings. The fourth-order valence-corrected chi connectivity index (χ4v) is 5.73. The topological polar surface area (TPSA) is 0 Å². The van der Waals surface area contributed by atoms with Crippen LogP contribution in [-0.2, 0) is 12.8 Å². The van der Waals surface area contributed by atoms with Crippen LogP contribution in [0, 0.1) is 5.92 Å². The molecule has 0 amide bonds.